The Balaban J connectivity index is 1.64. The van der Waals surface area contributed by atoms with E-state index in [-0.39, 0.29) is 24.1 Å². The molecule has 1 atom stereocenters. The average molecular weight is 438 g/mol. The summed E-state index contributed by atoms with van der Waals surface area (Å²) in [5.74, 6) is -0.328. The summed E-state index contributed by atoms with van der Waals surface area (Å²) < 4.78 is 13.3. The van der Waals surface area contributed by atoms with Gasteiger partial charge in [-0.05, 0) is 58.8 Å². The summed E-state index contributed by atoms with van der Waals surface area (Å²) in [6.45, 7) is 0. The third kappa shape index (κ3) is 4.64. The molecule has 4 rings (SSSR count). The standard InChI is InChI=1S/C25H18Cl2FNO/c26-22-12-7-18(14-23(22)27)24(29-21-10-8-20(28)9-11-21)15-25(30)19-6-5-16-3-1-2-4-17(16)13-19/h1-14,24,29H,15H2. The number of carbonyl (C=O) groups is 1. The first kappa shape index (κ1) is 20.4. The Hall–Kier alpha value is -2.88. The number of carbonyl (C=O) groups excluding carboxylic acids is 1. The van der Waals surface area contributed by atoms with Gasteiger partial charge in [0.15, 0.2) is 5.78 Å². The van der Waals surface area contributed by atoms with Gasteiger partial charge < -0.3 is 5.32 Å². The number of nitrogens with one attached hydrogen (secondary N) is 1. The number of Topliss-reactive ketones (excluding diaryl/α,β-unsaturated/α-hetero) is 1. The van der Waals surface area contributed by atoms with Crippen molar-refractivity contribution in [3.63, 3.8) is 0 Å². The second-order valence-corrected chi connectivity index (χ2v) is 7.88. The summed E-state index contributed by atoms with van der Waals surface area (Å²) in [6.07, 6.45) is 0.202. The van der Waals surface area contributed by atoms with E-state index >= 15 is 0 Å². The first-order valence-electron chi connectivity index (χ1n) is 9.49. The third-order valence-corrected chi connectivity index (χ3v) is 5.73. The second kappa shape index (κ2) is 8.86. The molecule has 1 unspecified atom stereocenters. The van der Waals surface area contributed by atoms with E-state index in [2.05, 4.69) is 5.32 Å². The lowest BCUT2D eigenvalue weighted by atomic mass is 9.96. The zero-order valence-electron chi connectivity index (χ0n) is 15.9. The SMILES string of the molecule is O=C(CC(Nc1ccc(F)cc1)c1ccc(Cl)c(Cl)c1)c1ccc2ccccc2c1. The van der Waals surface area contributed by atoms with Crippen LogP contribution in [0, 0.1) is 5.82 Å². The molecule has 0 aliphatic carbocycles. The highest BCUT2D eigenvalue weighted by Crippen LogP contribution is 2.30. The molecule has 4 aromatic carbocycles. The third-order valence-electron chi connectivity index (χ3n) is 4.99. The number of fused-ring (bicyclic) bond motifs is 1. The number of benzene rings is 4. The molecule has 30 heavy (non-hydrogen) atoms. The van der Waals surface area contributed by atoms with E-state index in [0.717, 1.165) is 16.3 Å². The van der Waals surface area contributed by atoms with E-state index in [4.69, 9.17) is 23.2 Å². The van der Waals surface area contributed by atoms with Crippen LogP contribution in [-0.4, -0.2) is 5.78 Å². The molecule has 0 aliphatic rings. The van der Waals surface area contributed by atoms with E-state index < -0.39 is 0 Å². The van der Waals surface area contributed by atoms with E-state index in [1.807, 2.05) is 48.5 Å². The van der Waals surface area contributed by atoms with Gasteiger partial charge in [0, 0.05) is 17.7 Å². The van der Waals surface area contributed by atoms with Crippen LogP contribution < -0.4 is 5.32 Å². The van der Waals surface area contributed by atoms with Gasteiger partial charge in [-0.15, -0.1) is 0 Å². The molecule has 0 saturated carbocycles. The van der Waals surface area contributed by atoms with Crippen LogP contribution in [0.15, 0.2) is 84.9 Å². The van der Waals surface area contributed by atoms with Gasteiger partial charge in [-0.2, -0.15) is 0 Å². The minimum atomic E-state index is -0.357. The second-order valence-electron chi connectivity index (χ2n) is 7.07. The zero-order valence-corrected chi connectivity index (χ0v) is 17.4. The molecule has 0 amide bonds. The molecule has 0 bridgehead atoms. The summed E-state index contributed by atoms with van der Waals surface area (Å²) in [5.41, 5.74) is 2.17. The minimum Gasteiger partial charge on any atom is -0.378 e. The molecule has 2 nitrogen and oxygen atoms in total. The van der Waals surface area contributed by atoms with Crippen LogP contribution >= 0.6 is 23.2 Å². The predicted octanol–water partition coefficient (Wildman–Crippen LogP) is 7.71. The number of halogens is 3. The maximum Gasteiger partial charge on any atom is 0.165 e. The number of ketones is 1. The molecule has 0 spiro atoms. The molecule has 0 saturated heterocycles. The summed E-state index contributed by atoms with van der Waals surface area (Å²) in [5, 5.41) is 6.28. The molecule has 150 valence electrons. The van der Waals surface area contributed by atoms with Crippen LogP contribution in [0.4, 0.5) is 10.1 Å². The van der Waals surface area contributed by atoms with Gasteiger partial charge in [0.25, 0.3) is 0 Å². The maximum atomic E-state index is 13.3. The normalized spacial score (nSPS) is 12.0. The van der Waals surface area contributed by atoms with Gasteiger partial charge in [0.2, 0.25) is 0 Å². The zero-order chi connectivity index (χ0) is 21.1. The molecule has 5 heteroatoms. The number of anilines is 1. The van der Waals surface area contributed by atoms with Crippen LogP contribution in [0.25, 0.3) is 10.8 Å². The Morgan fingerprint density at radius 3 is 2.30 bits per heavy atom. The van der Waals surface area contributed by atoms with Crippen LogP contribution in [-0.2, 0) is 0 Å². The van der Waals surface area contributed by atoms with Crippen molar-refractivity contribution >= 4 is 45.4 Å². The van der Waals surface area contributed by atoms with Gasteiger partial charge in [-0.1, -0.05) is 65.7 Å². The highest BCUT2D eigenvalue weighted by Gasteiger charge is 2.19. The van der Waals surface area contributed by atoms with E-state index in [1.54, 1.807) is 24.3 Å². The fourth-order valence-corrected chi connectivity index (χ4v) is 3.70. The van der Waals surface area contributed by atoms with E-state index in [0.29, 0.717) is 21.3 Å². The van der Waals surface area contributed by atoms with Crippen molar-refractivity contribution in [3.05, 3.63) is 112 Å². The van der Waals surface area contributed by atoms with Gasteiger partial charge in [0.05, 0.1) is 16.1 Å². The minimum absolute atomic E-state index is 0.00793. The lowest BCUT2D eigenvalue weighted by Gasteiger charge is -2.21. The summed E-state index contributed by atoms with van der Waals surface area (Å²) in [4.78, 5) is 13.1. The van der Waals surface area contributed by atoms with Crippen LogP contribution in [0.2, 0.25) is 10.0 Å². The topological polar surface area (TPSA) is 29.1 Å². The van der Waals surface area contributed by atoms with Gasteiger partial charge >= 0.3 is 0 Å². The Morgan fingerprint density at radius 2 is 1.57 bits per heavy atom. The Kier molecular flexibility index (Phi) is 6.03. The Bertz CT molecular complexity index is 1210. The first-order valence-corrected chi connectivity index (χ1v) is 10.2. The van der Waals surface area contributed by atoms with Crippen LogP contribution in [0.1, 0.15) is 28.4 Å². The van der Waals surface area contributed by atoms with Crippen molar-refractivity contribution in [2.24, 2.45) is 0 Å². The highest BCUT2D eigenvalue weighted by atomic mass is 35.5. The fraction of sp³-hybridized carbons (Fsp3) is 0.0800. The Morgan fingerprint density at radius 1 is 0.833 bits per heavy atom. The summed E-state index contributed by atoms with van der Waals surface area (Å²) >= 11 is 12.3. The number of hydrogen-bond acceptors (Lipinski definition) is 2. The lowest BCUT2D eigenvalue weighted by Crippen LogP contribution is -2.16. The van der Waals surface area contributed by atoms with Gasteiger partial charge in [-0.25, -0.2) is 4.39 Å². The Labute approximate surface area is 184 Å². The number of hydrogen-bond donors (Lipinski definition) is 1. The summed E-state index contributed by atoms with van der Waals surface area (Å²) in [7, 11) is 0. The molecular weight excluding hydrogens is 420 g/mol. The highest BCUT2D eigenvalue weighted by molar-refractivity contribution is 6.42. The molecule has 1 N–H and O–H groups in total. The fourth-order valence-electron chi connectivity index (χ4n) is 3.39. The van der Waals surface area contributed by atoms with Crippen molar-refractivity contribution in [3.8, 4) is 0 Å². The largest absolute Gasteiger partial charge is 0.378 e. The quantitative estimate of drug-likeness (QED) is 0.313. The van der Waals surface area contributed by atoms with Gasteiger partial charge in [-0.3, -0.25) is 4.79 Å². The van der Waals surface area contributed by atoms with Crippen molar-refractivity contribution in [1.82, 2.24) is 0 Å². The molecule has 0 aliphatic heterocycles. The van der Waals surface area contributed by atoms with Gasteiger partial charge in [0.1, 0.15) is 5.82 Å². The van der Waals surface area contributed by atoms with Crippen molar-refractivity contribution in [1.29, 1.82) is 0 Å². The monoisotopic (exact) mass is 437 g/mol. The summed E-state index contributed by atoms with van der Waals surface area (Å²) in [6, 6.07) is 24.6. The number of rotatable bonds is 6. The predicted molar refractivity (Wildman–Crippen MR) is 122 cm³/mol. The molecule has 4 aromatic rings. The lowest BCUT2D eigenvalue weighted by molar-refractivity contribution is 0.0976. The molecule has 0 heterocycles. The van der Waals surface area contributed by atoms with Crippen molar-refractivity contribution in [2.45, 2.75) is 12.5 Å². The van der Waals surface area contributed by atoms with Crippen LogP contribution in [0.5, 0.6) is 0 Å². The smallest absolute Gasteiger partial charge is 0.165 e. The maximum absolute atomic E-state index is 13.3. The van der Waals surface area contributed by atoms with Crippen molar-refractivity contribution in [2.75, 3.05) is 5.32 Å². The van der Waals surface area contributed by atoms with Crippen LogP contribution in [0.3, 0.4) is 0 Å². The van der Waals surface area contributed by atoms with Crippen molar-refractivity contribution < 1.29 is 9.18 Å². The molecule has 0 radical (unpaired) electrons. The molecule has 0 fully saturated rings. The van der Waals surface area contributed by atoms with E-state index in [1.165, 1.54) is 12.1 Å². The molecule has 0 aromatic heterocycles. The average Bonchev–Trinajstić information content (AvgIpc) is 2.76. The first-order chi connectivity index (χ1) is 14.5. The molecular formula is C25H18Cl2FNO. The van der Waals surface area contributed by atoms with E-state index in [9.17, 15) is 9.18 Å².